The van der Waals surface area contributed by atoms with Crippen molar-refractivity contribution in [2.45, 2.75) is 32.8 Å². The first-order valence-corrected chi connectivity index (χ1v) is 6.83. The van der Waals surface area contributed by atoms with Crippen LogP contribution < -0.4 is 10.6 Å². The first-order valence-electron chi connectivity index (χ1n) is 5.95. The van der Waals surface area contributed by atoms with Crippen molar-refractivity contribution in [2.24, 2.45) is 0 Å². The van der Waals surface area contributed by atoms with Crippen molar-refractivity contribution in [3.05, 3.63) is 16.1 Å². The number of aromatic nitrogens is 1. The molecular weight excluding hydrogens is 266 g/mol. The minimum absolute atomic E-state index is 0.206. The molecular formula is C12H19N3O3S. The van der Waals surface area contributed by atoms with Crippen LogP contribution in [0.5, 0.6) is 0 Å². The van der Waals surface area contributed by atoms with Crippen LogP contribution in [-0.4, -0.2) is 36.2 Å². The molecule has 0 radical (unpaired) electrons. The first kappa shape index (κ1) is 15.4. The van der Waals surface area contributed by atoms with Crippen LogP contribution in [0.3, 0.4) is 0 Å². The number of carbonyl (C=O) groups excluding carboxylic acids is 2. The molecule has 0 bridgehead atoms. The van der Waals surface area contributed by atoms with Gasteiger partial charge in [0.15, 0.2) is 0 Å². The smallest absolute Gasteiger partial charge is 0.407 e. The van der Waals surface area contributed by atoms with Crippen molar-refractivity contribution in [2.75, 3.05) is 13.6 Å². The number of ether oxygens (including phenoxy) is 1. The van der Waals surface area contributed by atoms with Crippen LogP contribution >= 0.6 is 11.3 Å². The van der Waals surface area contributed by atoms with Crippen LogP contribution in [0.25, 0.3) is 0 Å². The molecule has 0 aliphatic carbocycles. The molecule has 1 rings (SSSR count). The van der Waals surface area contributed by atoms with Gasteiger partial charge in [-0.15, -0.1) is 11.3 Å². The van der Waals surface area contributed by atoms with E-state index in [9.17, 15) is 9.59 Å². The van der Waals surface area contributed by atoms with Crippen LogP contribution in [0.4, 0.5) is 4.79 Å². The minimum atomic E-state index is -0.502. The molecule has 1 heterocycles. The van der Waals surface area contributed by atoms with Gasteiger partial charge in [0.2, 0.25) is 0 Å². The maximum atomic E-state index is 11.4. The lowest BCUT2D eigenvalue weighted by Gasteiger charge is -2.19. The van der Waals surface area contributed by atoms with Crippen LogP contribution in [0, 0.1) is 0 Å². The Labute approximate surface area is 116 Å². The molecule has 0 spiro atoms. The van der Waals surface area contributed by atoms with Gasteiger partial charge in [0, 0.05) is 25.4 Å². The molecule has 0 fully saturated rings. The molecule has 7 heteroatoms. The number of carbonyl (C=O) groups is 2. The highest BCUT2D eigenvalue weighted by atomic mass is 32.1. The molecule has 0 atom stereocenters. The van der Waals surface area contributed by atoms with Gasteiger partial charge >= 0.3 is 6.09 Å². The Bertz CT molecular complexity index is 451. The maximum Gasteiger partial charge on any atom is 0.407 e. The quantitative estimate of drug-likeness (QED) is 0.880. The molecule has 0 unspecified atom stereocenters. The maximum absolute atomic E-state index is 11.4. The van der Waals surface area contributed by atoms with Crippen molar-refractivity contribution in [3.8, 4) is 0 Å². The van der Waals surface area contributed by atoms with E-state index in [-0.39, 0.29) is 5.91 Å². The Morgan fingerprint density at radius 3 is 2.68 bits per heavy atom. The Balaban J connectivity index is 2.35. The highest BCUT2D eigenvalue weighted by Crippen LogP contribution is 2.10. The monoisotopic (exact) mass is 285 g/mol. The van der Waals surface area contributed by atoms with Crippen molar-refractivity contribution in [3.63, 3.8) is 0 Å². The summed E-state index contributed by atoms with van der Waals surface area (Å²) in [5.41, 5.74) is -0.0998. The van der Waals surface area contributed by atoms with E-state index < -0.39 is 11.7 Å². The summed E-state index contributed by atoms with van der Waals surface area (Å²) in [5.74, 6) is -0.206. The third-order valence-corrected chi connectivity index (χ3v) is 2.93. The van der Waals surface area contributed by atoms with Gasteiger partial charge in [-0.2, -0.15) is 0 Å². The summed E-state index contributed by atoms with van der Waals surface area (Å²) in [6.45, 7) is 5.85. The predicted octanol–water partition coefficient (Wildman–Crippen LogP) is 1.57. The van der Waals surface area contributed by atoms with Gasteiger partial charge in [-0.1, -0.05) is 0 Å². The minimum Gasteiger partial charge on any atom is -0.444 e. The first-order chi connectivity index (χ1) is 8.81. The Morgan fingerprint density at radius 1 is 1.42 bits per heavy atom. The number of nitrogens with zero attached hydrogens (tertiary/aromatic N) is 1. The highest BCUT2D eigenvalue weighted by Gasteiger charge is 2.15. The van der Waals surface area contributed by atoms with Gasteiger partial charge in [-0.3, -0.25) is 4.79 Å². The molecule has 2 N–H and O–H groups in total. The van der Waals surface area contributed by atoms with Crippen molar-refractivity contribution in [1.29, 1.82) is 0 Å². The molecule has 2 amide bonds. The molecule has 19 heavy (non-hydrogen) atoms. The molecule has 0 aromatic carbocycles. The van der Waals surface area contributed by atoms with Gasteiger partial charge in [-0.25, -0.2) is 9.78 Å². The summed E-state index contributed by atoms with van der Waals surface area (Å²) < 4.78 is 5.11. The number of thiazole rings is 1. The average molecular weight is 285 g/mol. The highest BCUT2D eigenvalue weighted by molar-refractivity contribution is 7.09. The molecule has 6 nitrogen and oxygen atoms in total. The molecule has 0 aliphatic rings. The Morgan fingerprint density at radius 2 is 2.11 bits per heavy atom. The second kappa shape index (κ2) is 6.51. The van der Waals surface area contributed by atoms with E-state index >= 15 is 0 Å². The second-order valence-electron chi connectivity index (χ2n) is 4.88. The fourth-order valence-corrected chi connectivity index (χ4v) is 2.02. The molecule has 106 valence electrons. The second-order valence-corrected chi connectivity index (χ2v) is 5.83. The molecule has 1 aromatic rings. The fraction of sp³-hybridized carbons (Fsp3) is 0.583. The van der Waals surface area contributed by atoms with E-state index in [0.717, 1.165) is 5.01 Å². The topological polar surface area (TPSA) is 80.3 Å². The third-order valence-electron chi connectivity index (χ3n) is 2.02. The Hall–Kier alpha value is -1.63. The molecule has 0 aliphatic heterocycles. The lowest BCUT2D eigenvalue weighted by Crippen LogP contribution is -2.33. The number of alkyl carbamates (subject to hydrolysis) is 1. The zero-order valence-corrected chi connectivity index (χ0v) is 12.4. The number of nitrogens with one attached hydrogen (secondary N) is 2. The van der Waals surface area contributed by atoms with Gasteiger partial charge in [0.1, 0.15) is 11.3 Å². The zero-order chi connectivity index (χ0) is 14.5. The van der Waals surface area contributed by atoms with Gasteiger partial charge in [-0.05, 0) is 20.8 Å². The van der Waals surface area contributed by atoms with Crippen molar-refractivity contribution < 1.29 is 14.3 Å². The van der Waals surface area contributed by atoms with E-state index in [0.29, 0.717) is 18.7 Å². The largest absolute Gasteiger partial charge is 0.444 e. The van der Waals surface area contributed by atoms with E-state index in [1.165, 1.54) is 11.3 Å². The average Bonchev–Trinajstić information content (AvgIpc) is 2.74. The van der Waals surface area contributed by atoms with Crippen molar-refractivity contribution >= 4 is 23.3 Å². The predicted molar refractivity (Wildman–Crippen MR) is 73.4 cm³/mol. The number of hydrogen-bond acceptors (Lipinski definition) is 5. The van der Waals surface area contributed by atoms with E-state index in [1.54, 1.807) is 12.4 Å². The van der Waals surface area contributed by atoms with Crippen LogP contribution in [0.2, 0.25) is 0 Å². The molecule has 0 saturated carbocycles. The number of hydrogen-bond donors (Lipinski definition) is 2. The summed E-state index contributed by atoms with van der Waals surface area (Å²) in [6.07, 6.45) is 0.122. The standard InChI is InChI=1S/C12H19N3O3S/c1-12(2,3)18-11(17)14-6-5-9-15-8(7-19-9)10(16)13-4/h7H,5-6H2,1-4H3,(H,13,16)(H,14,17). The number of rotatable bonds is 4. The van der Waals surface area contributed by atoms with Gasteiger partial charge in [0.05, 0.1) is 5.01 Å². The van der Waals surface area contributed by atoms with Crippen LogP contribution in [-0.2, 0) is 11.2 Å². The molecule has 1 aromatic heterocycles. The SMILES string of the molecule is CNC(=O)c1csc(CCNC(=O)OC(C)(C)C)n1. The zero-order valence-electron chi connectivity index (χ0n) is 11.6. The normalized spacial score (nSPS) is 10.9. The Kier molecular flexibility index (Phi) is 5.29. The van der Waals surface area contributed by atoms with Crippen LogP contribution in [0.1, 0.15) is 36.3 Å². The summed E-state index contributed by atoms with van der Waals surface area (Å²) >= 11 is 1.39. The number of amides is 2. The van der Waals surface area contributed by atoms with Crippen LogP contribution in [0.15, 0.2) is 5.38 Å². The summed E-state index contributed by atoms with van der Waals surface area (Å²) in [7, 11) is 1.56. The summed E-state index contributed by atoms with van der Waals surface area (Å²) in [4.78, 5) is 26.9. The lowest BCUT2D eigenvalue weighted by atomic mass is 10.2. The van der Waals surface area contributed by atoms with E-state index in [4.69, 9.17) is 4.74 Å². The summed E-state index contributed by atoms with van der Waals surface area (Å²) in [5, 5.41) is 7.65. The lowest BCUT2D eigenvalue weighted by molar-refractivity contribution is 0.0528. The van der Waals surface area contributed by atoms with E-state index in [1.807, 2.05) is 20.8 Å². The third kappa shape index (κ3) is 5.69. The van der Waals surface area contributed by atoms with Gasteiger partial charge < -0.3 is 15.4 Å². The van der Waals surface area contributed by atoms with Gasteiger partial charge in [0.25, 0.3) is 5.91 Å². The fourth-order valence-electron chi connectivity index (χ4n) is 1.24. The summed E-state index contributed by atoms with van der Waals surface area (Å²) in [6, 6.07) is 0. The van der Waals surface area contributed by atoms with E-state index in [2.05, 4.69) is 15.6 Å². The molecule has 0 saturated heterocycles. The van der Waals surface area contributed by atoms with Crippen molar-refractivity contribution in [1.82, 2.24) is 15.6 Å².